The van der Waals surface area contributed by atoms with E-state index < -0.39 is 11.6 Å². The summed E-state index contributed by atoms with van der Waals surface area (Å²) in [5.74, 6) is -0.983. The lowest BCUT2D eigenvalue weighted by Crippen LogP contribution is -2.51. The highest BCUT2D eigenvalue weighted by Crippen LogP contribution is 2.36. The number of nitrogens with zero attached hydrogens (tertiary/aromatic N) is 1. The predicted molar refractivity (Wildman–Crippen MR) is 116 cm³/mol. The van der Waals surface area contributed by atoms with Crippen molar-refractivity contribution in [2.75, 3.05) is 13.7 Å². The Morgan fingerprint density at radius 1 is 1.10 bits per heavy atom. The highest BCUT2D eigenvalue weighted by Gasteiger charge is 2.46. The molecule has 30 heavy (non-hydrogen) atoms. The molecule has 5 heteroatoms. The normalized spacial score (nSPS) is 19.9. The molecule has 0 saturated carbocycles. The van der Waals surface area contributed by atoms with Crippen LogP contribution < -0.4 is 0 Å². The summed E-state index contributed by atoms with van der Waals surface area (Å²) in [5, 5.41) is 0. The number of carbonyl (C=O) groups excluding carboxylic acids is 2. The molecule has 0 aliphatic carbocycles. The number of methoxy groups -OCH3 is 1. The fourth-order valence-corrected chi connectivity index (χ4v) is 4.30. The van der Waals surface area contributed by atoms with Crippen LogP contribution in [0.2, 0.25) is 0 Å². The molecule has 0 aromatic heterocycles. The van der Waals surface area contributed by atoms with Gasteiger partial charge >= 0.3 is 5.97 Å². The SMILES string of the molecule is COC(=O)C[C@H](c1ccccc1)[C@@H](C)C(=O)N1[C@@H](Cc2ccccc2)COC1(C)C. The Kier molecular flexibility index (Phi) is 6.93. The molecular formula is C25H31NO4. The Labute approximate surface area is 179 Å². The van der Waals surface area contributed by atoms with Crippen LogP contribution in [0.25, 0.3) is 0 Å². The fourth-order valence-electron chi connectivity index (χ4n) is 4.30. The fraction of sp³-hybridized carbons (Fsp3) is 0.440. The van der Waals surface area contributed by atoms with Crippen molar-refractivity contribution < 1.29 is 19.1 Å². The highest BCUT2D eigenvalue weighted by molar-refractivity contribution is 5.82. The van der Waals surface area contributed by atoms with Crippen molar-refractivity contribution in [3.63, 3.8) is 0 Å². The topological polar surface area (TPSA) is 55.8 Å². The van der Waals surface area contributed by atoms with Crippen molar-refractivity contribution in [3.05, 3.63) is 71.8 Å². The molecule has 0 bridgehead atoms. The van der Waals surface area contributed by atoms with Gasteiger partial charge in [-0.05, 0) is 31.4 Å². The molecule has 2 aromatic carbocycles. The number of rotatable bonds is 7. The van der Waals surface area contributed by atoms with E-state index in [1.54, 1.807) is 0 Å². The quantitative estimate of drug-likeness (QED) is 0.644. The molecule has 1 amide bonds. The minimum Gasteiger partial charge on any atom is -0.469 e. The Balaban J connectivity index is 1.86. The Morgan fingerprint density at radius 3 is 2.30 bits per heavy atom. The van der Waals surface area contributed by atoms with Gasteiger partial charge in [0.25, 0.3) is 0 Å². The van der Waals surface area contributed by atoms with E-state index in [2.05, 4.69) is 12.1 Å². The molecule has 0 spiro atoms. The van der Waals surface area contributed by atoms with Crippen LogP contribution in [-0.4, -0.2) is 42.3 Å². The monoisotopic (exact) mass is 409 g/mol. The van der Waals surface area contributed by atoms with Crippen LogP contribution in [0.3, 0.4) is 0 Å². The molecule has 0 radical (unpaired) electrons. The standard InChI is InChI=1S/C25H31NO4/c1-18(22(16-23(27)29-4)20-13-9-6-10-14-20)24(28)26-21(17-30-25(26,2)3)15-19-11-7-5-8-12-19/h5-14,18,21-22H,15-17H2,1-4H3/t18-,21+,22+/m1/s1. The van der Waals surface area contributed by atoms with Gasteiger partial charge in [0.15, 0.2) is 0 Å². The lowest BCUT2D eigenvalue weighted by atomic mass is 9.83. The van der Waals surface area contributed by atoms with Crippen LogP contribution in [0, 0.1) is 5.92 Å². The molecular weight excluding hydrogens is 378 g/mol. The van der Waals surface area contributed by atoms with E-state index in [4.69, 9.17) is 9.47 Å². The first-order valence-electron chi connectivity index (χ1n) is 10.5. The summed E-state index contributed by atoms with van der Waals surface area (Å²) in [6, 6.07) is 19.8. The zero-order valence-corrected chi connectivity index (χ0v) is 18.2. The van der Waals surface area contributed by atoms with Gasteiger partial charge in [-0.25, -0.2) is 0 Å². The molecule has 0 N–H and O–H groups in total. The second kappa shape index (κ2) is 9.43. The van der Waals surface area contributed by atoms with Gasteiger partial charge < -0.3 is 14.4 Å². The van der Waals surface area contributed by atoms with Crippen molar-refractivity contribution in [1.82, 2.24) is 4.90 Å². The number of carbonyl (C=O) groups is 2. The van der Waals surface area contributed by atoms with Gasteiger partial charge in [-0.1, -0.05) is 67.6 Å². The molecule has 1 heterocycles. The van der Waals surface area contributed by atoms with Crippen LogP contribution in [0.4, 0.5) is 0 Å². The molecule has 1 aliphatic heterocycles. The van der Waals surface area contributed by atoms with Gasteiger partial charge in [-0.2, -0.15) is 0 Å². The summed E-state index contributed by atoms with van der Waals surface area (Å²) in [5.41, 5.74) is 1.43. The average molecular weight is 410 g/mol. The smallest absolute Gasteiger partial charge is 0.306 e. The highest BCUT2D eigenvalue weighted by atomic mass is 16.5. The van der Waals surface area contributed by atoms with Crippen molar-refractivity contribution in [3.8, 4) is 0 Å². The molecule has 2 aromatic rings. The van der Waals surface area contributed by atoms with Crippen LogP contribution in [0.15, 0.2) is 60.7 Å². The molecule has 5 nitrogen and oxygen atoms in total. The number of hydrogen-bond donors (Lipinski definition) is 0. The third-order valence-corrected chi connectivity index (χ3v) is 5.96. The Morgan fingerprint density at radius 2 is 1.70 bits per heavy atom. The van der Waals surface area contributed by atoms with Crippen LogP contribution in [-0.2, 0) is 25.5 Å². The number of hydrogen-bond acceptors (Lipinski definition) is 4. The van der Waals surface area contributed by atoms with E-state index >= 15 is 0 Å². The summed E-state index contributed by atoms with van der Waals surface area (Å²) in [7, 11) is 1.38. The Bertz CT molecular complexity index is 850. The van der Waals surface area contributed by atoms with Crippen LogP contribution in [0.1, 0.15) is 44.2 Å². The molecule has 160 valence electrons. The van der Waals surface area contributed by atoms with Crippen molar-refractivity contribution in [1.29, 1.82) is 0 Å². The summed E-state index contributed by atoms with van der Waals surface area (Å²) in [4.78, 5) is 27.7. The predicted octanol–water partition coefficient (Wildman–Crippen LogP) is 4.18. The third kappa shape index (κ3) is 4.90. The minimum atomic E-state index is -0.697. The van der Waals surface area contributed by atoms with E-state index in [1.807, 2.05) is 74.2 Å². The van der Waals surface area contributed by atoms with Crippen LogP contribution >= 0.6 is 0 Å². The van der Waals surface area contributed by atoms with Crippen molar-refractivity contribution in [2.24, 2.45) is 5.92 Å². The summed E-state index contributed by atoms with van der Waals surface area (Å²) in [6.45, 7) is 6.26. The maximum Gasteiger partial charge on any atom is 0.306 e. The van der Waals surface area contributed by atoms with Crippen LogP contribution in [0.5, 0.6) is 0 Å². The second-order valence-electron chi connectivity index (χ2n) is 8.40. The van der Waals surface area contributed by atoms with Gasteiger partial charge in [-0.15, -0.1) is 0 Å². The van der Waals surface area contributed by atoms with Gasteiger partial charge in [0, 0.05) is 11.8 Å². The molecule has 0 unspecified atom stereocenters. The molecule has 3 rings (SSSR count). The van der Waals surface area contributed by atoms with Crippen molar-refractivity contribution >= 4 is 11.9 Å². The van der Waals surface area contributed by atoms with Crippen molar-refractivity contribution in [2.45, 2.75) is 51.3 Å². The maximum absolute atomic E-state index is 13.7. The molecule has 1 aliphatic rings. The first-order valence-corrected chi connectivity index (χ1v) is 10.5. The minimum absolute atomic E-state index is 0.00353. The Hall–Kier alpha value is -2.66. The zero-order chi connectivity index (χ0) is 21.7. The van der Waals surface area contributed by atoms with E-state index in [0.29, 0.717) is 6.61 Å². The van der Waals surface area contributed by atoms with E-state index in [1.165, 1.54) is 12.7 Å². The van der Waals surface area contributed by atoms with Gasteiger partial charge in [0.1, 0.15) is 5.72 Å². The zero-order valence-electron chi connectivity index (χ0n) is 18.2. The van der Waals surface area contributed by atoms with E-state index in [-0.39, 0.29) is 30.3 Å². The maximum atomic E-state index is 13.7. The average Bonchev–Trinajstić information content (AvgIpc) is 3.05. The van der Waals surface area contributed by atoms with Gasteiger partial charge in [-0.3, -0.25) is 9.59 Å². The summed E-state index contributed by atoms with van der Waals surface area (Å²) < 4.78 is 10.9. The van der Waals surface area contributed by atoms with Gasteiger partial charge in [0.05, 0.1) is 26.2 Å². The largest absolute Gasteiger partial charge is 0.469 e. The lowest BCUT2D eigenvalue weighted by Gasteiger charge is -2.37. The number of esters is 1. The molecule has 1 saturated heterocycles. The number of amides is 1. The third-order valence-electron chi connectivity index (χ3n) is 5.96. The number of ether oxygens (including phenoxy) is 2. The van der Waals surface area contributed by atoms with E-state index in [0.717, 1.165) is 12.0 Å². The summed E-state index contributed by atoms with van der Waals surface area (Å²) in [6.07, 6.45) is 0.891. The lowest BCUT2D eigenvalue weighted by molar-refractivity contribution is -0.151. The van der Waals surface area contributed by atoms with E-state index in [9.17, 15) is 9.59 Å². The summed E-state index contributed by atoms with van der Waals surface area (Å²) >= 11 is 0. The molecule has 1 fully saturated rings. The first kappa shape index (κ1) is 22.0. The van der Waals surface area contributed by atoms with Gasteiger partial charge in [0.2, 0.25) is 5.91 Å². The number of benzene rings is 2. The second-order valence-corrected chi connectivity index (χ2v) is 8.40. The first-order chi connectivity index (χ1) is 14.3. The molecule has 3 atom stereocenters.